The Labute approximate surface area is 198 Å². The number of hydrogen-bond donors (Lipinski definition) is 0. The lowest BCUT2D eigenvalue weighted by atomic mass is 9.82. The summed E-state index contributed by atoms with van der Waals surface area (Å²) in [6.45, 7) is 0.863. The van der Waals surface area contributed by atoms with Gasteiger partial charge in [0.15, 0.2) is 16.4 Å². The maximum atomic E-state index is 14.1. The molecule has 1 aliphatic carbocycles. The minimum absolute atomic E-state index is 0.0290. The molecule has 11 heteroatoms. The minimum Gasteiger partial charge on any atom is -0.457 e. The molecule has 0 amide bonds. The second kappa shape index (κ2) is 7.65. The molecule has 0 bridgehead atoms. The van der Waals surface area contributed by atoms with Crippen molar-refractivity contribution in [3.8, 4) is 6.07 Å². The molecule has 1 unspecified atom stereocenters. The summed E-state index contributed by atoms with van der Waals surface area (Å²) in [4.78, 5) is 26.8. The molecule has 2 fully saturated rings. The number of halogens is 3. The van der Waals surface area contributed by atoms with Crippen molar-refractivity contribution in [2.75, 3.05) is 24.7 Å². The van der Waals surface area contributed by atoms with Crippen LogP contribution in [0.25, 0.3) is 0 Å². The molecule has 0 aromatic heterocycles. The number of ketones is 1. The average molecular weight is 489 g/mol. The molecular formula is C23H18F3N3O4S. The van der Waals surface area contributed by atoms with Gasteiger partial charge in [-0.25, -0.2) is 4.79 Å². The van der Waals surface area contributed by atoms with E-state index in [1.54, 1.807) is 29.2 Å². The van der Waals surface area contributed by atoms with Crippen LogP contribution >= 0.6 is 12.2 Å². The summed E-state index contributed by atoms with van der Waals surface area (Å²) in [5.41, 5.74) is -2.62. The van der Waals surface area contributed by atoms with Gasteiger partial charge in [-0.05, 0) is 61.5 Å². The number of carbonyl (C=O) groups excluding carboxylic acids is 2. The summed E-state index contributed by atoms with van der Waals surface area (Å²) < 4.78 is 52.8. The van der Waals surface area contributed by atoms with Gasteiger partial charge in [0.2, 0.25) is 0 Å². The summed E-state index contributed by atoms with van der Waals surface area (Å²) >= 11 is 5.72. The maximum Gasteiger partial charge on any atom is 0.416 e. The largest absolute Gasteiger partial charge is 0.457 e. The van der Waals surface area contributed by atoms with Crippen LogP contribution in [0.3, 0.4) is 0 Å². The average Bonchev–Trinajstić information content (AvgIpc) is 3.31. The molecule has 3 heterocycles. The summed E-state index contributed by atoms with van der Waals surface area (Å²) in [6, 6.07) is 6.83. The Kier molecular flexibility index (Phi) is 5.07. The summed E-state index contributed by atoms with van der Waals surface area (Å²) in [5, 5.41) is 10.1. The van der Waals surface area contributed by atoms with Crippen molar-refractivity contribution in [1.82, 2.24) is 4.90 Å². The Morgan fingerprint density at radius 1 is 1.18 bits per heavy atom. The lowest BCUT2D eigenvalue weighted by Gasteiger charge is -2.41. The number of nitrogens with zero attached hydrogens (tertiary/aromatic N) is 3. The number of fused-ring (bicyclic) bond motifs is 1. The number of nitriles is 1. The van der Waals surface area contributed by atoms with E-state index in [9.17, 15) is 28.0 Å². The van der Waals surface area contributed by atoms with E-state index in [4.69, 9.17) is 21.7 Å². The predicted octanol–water partition coefficient (Wildman–Crippen LogP) is 3.20. The first-order valence-electron chi connectivity index (χ1n) is 10.5. The van der Waals surface area contributed by atoms with Gasteiger partial charge in [-0.3, -0.25) is 4.79 Å². The molecule has 0 radical (unpaired) electrons. The van der Waals surface area contributed by atoms with Crippen LogP contribution in [0.4, 0.5) is 18.9 Å². The number of thiocarbonyl (C=S) groups is 1. The molecule has 1 spiro atoms. The number of ether oxygens (including phenoxy) is 2. The summed E-state index contributed by atoms with van der Waals surface area (Å²) in [5.74, 6) is -1.28. The van der Waals surface area contributed by atoms with Crippen molar-refractivity contribution >= 4 is 34.8 Å². The van der Waals surface area contributed by atoms with E-state index in [1.807, 2.05) is 0 Å². The van der Waals surface area contributed by atoms with Crippen molar-refractivity contribution in [2.24, 2.45) is 0 Å². The van der Waals surface area contributed by atoms with Crippen LogP contribution < -0.4 is 4.90 Å². The third-order valence-electron chi connectivity index (χ3n) is 6.79. The highest BCUT2D eigenvalue weighted by atomic mass is 32.1. The Morgan fingerprint density at radius 3 is 2.59 bits per heavy atom. The van der Waals surface area contributed by atoms with Gasteiger partial charge >= 0.3 is 12.1 Å². The van der Waals surface area contributed by atoms with Gasteiger partial charge in [0.05, 0.1) is 16.7 Å². The Hall–Kier alpha value is -3.23. The van der Waals surface area contributed by atoms with Gasteiger partial charge in [0, 0.05) is 31.0 Å². The molecule has 0 saturated carbocycles. The SMILES string of the molecule is N#CC1(N2CC3(CCOCC3)N(c3ccc4c(c3)COC4=O)C2=S)C=CC(=O)C=C1C(F)(F)F. The van der Waals surface area contributed by atoms with Gasteiger partial charge in [0.1, 0.15) is 12.7 Å². The van der Waals surface area contributed by atoms with Gasteiger partial charge in [-0.2, -0.15) is 18.4 Å². The van der Waals surface area contributed by atoms with Gasteiger partial charge in [0.25, 0.3) is 0 Å². The fourth-order valence-corrected chi connectivity index (χ4v) is 5.60. The van der Waals surface area contributed by atoms with Crippen molar-refractivity contribution in [2.45, 2.75) is 36.7 Å². The minimum atomic E-state index is -4.92. The van der Waals surface area contributed by atoms with Gasteiger partial charge < -0.3 is 19.3 Å². The molecule has 1 aromatic rings. The molecule has 7 nitrogen and oxygen atoms in total. The van der Waals surface area contributed by atoms with Crippen LogP contribution in [0.2, 0.25) is 0 Å². The fourth-order valence-electron chi connectivity index (χ4n) is 5.09. The topological polar surface area (TPSA) is 82.9 Å². The highest BCUT2D eigenvalue weighted by molar-refractivity contribution is 7.80. The predicted molar refractivity (Wildman–Crippen MR) is 117 cm³/mol. The van der Waals surface area contributed by atoms with E-state index >= 15 is 0 Å². The Bertz CT molecular complexity index is 1210. The standard InChI is InChI=1S/C23H18F3N3O4S/c24-23(25,26)18-10-16(30)3-4-22(18,12-27)28-13-21(5-7-32-8-6-21)29(20(28)34)15-1-2-17-14(9-15)11-33-19(17)31/h1-4,9-10H,5-8,11,13H2. The van der Waals surface area contributed by atoms with Crippen molar-refractivity contribution in [3.63, 3.8) is 0 Å². The lowest BCUT2D eigenvalue weighted by Crippen LogP contribution is -2.54. The third-order valence-corrected chi connectivity index (χ3v) is 7.19. The molecule has 34 heavy (non-hydrogen) atoms. The maximum absolute atomic E-state index is 14.1. The van der Waals surface area contributed by atoms with Crippen LogP contribution in [0.15, 0.2) is 42.0 Å². The molecule has 176 valence electrons. The fraction of sp³-hybridized carbons (Fsp3) is 0.391. The van der Waals surface area contributed by atoms with Crippen LogP contribution in [0, 0.1) is 11.3 Å². The van der Waals surface area contributed by atoms with E-state index in [0.29, 0.717) is 48.9 Å². The van der Waals surface area contributed by atoms with Crippen LogP contribution in [-0.2, 0) is 20.9 Å². The molecule has 1 atom stereocenters. The molecule has 1 aromatic carbocycles. The van der Waals surface area contributed by atoms with Crippen molar-refractivity contribution in [1.29, 1.82) is 5.26 Å². The lowest BCUT2D eigenvalue weighted by molar-refractivity contribution is -0.115. The van der Waals surface area contributed by atoms with E-state index in [2.05, 4.69) is 0 Å². The van der Waals surface area contributed by atoms with Crippen LogP contribution in [0.1, 0.15) is 28.8 Å². The zero-order valence-electron chi connectivity index (χ0n) is 17.7. The van der Waals surface area contributed by atoms with Crippen molar-refractivity contribution in [3.05, 3.63) is 53.1 Å². The Morgan fingerprint density at radius 2 is 1.91 bits per heavy atom. The second-order valence-electron chi connectivity index (χ2n) is 8.63. The van der Waals surface area contributed by atoms with E-state index < -0.39 is 34.6 Å². The number of rotatable bonds is 2. The van der Waals surface area contributed by atoms with Gasteiger partial charge in [-0.15, -0.1) is 0 Å². The number of cyclic esters (lactones) is 1. The molecule has 2 saturated heterocycles. The van der Waals surface area contributed by atoms with Crippen molar-refractivity contribution < 1.29 is 32.2 Å². The monoisotopic (exact) mass is 489 g/mol. The van der Waals surface area contributed by atoms with Crippen LogP contribution in [0.5, 0.6) is 0 Å². The number of allylic oxidation sites excluding steroid dienone is 2. The highest BCUT2D eigenvalue weighted by Gasteiger charge is 2.60. The van der Waals surface area contributed by atoms with Crippen LogP contribution in [-0.4, -0.2) is 58.8 Å². The summed E-state index contributed by atoms with van der Waals surface area (Å²) in [7, 11) is 0. The number of carbonyl (C=O) groups is 2. The zero-order chi connectivity index (χ0) is 24.3. The molecule has 4 aliphatic rings. The number of alkyl halides is 3. The first-order valence-corrected chi connectivity index (χ1v) is 11.0. The number of benzene rings is 1. The Balaban J connectivity index is 1.64. The smallest absolute Gasteiger partial charge is 0.416 e. The first kappa shape index (κ1) is 22.6. The summed E-state index contributed by atoms with van der Waals surface area (Å²) in [6.07, 6.45) is -1.58. The molecule has 5 rings (SSSR count). The van der Waals surface area contributed by atoms with E-state index in [-0.39, 0.29) is 18.3 Å². The number of esters is 1. The number of hydrogen-bond acceptors (Lipinski definition) is 6. The quantitative estimate of drug-likeness (QED) is 0.463. The van der Waals surface area contributed by atoms with E-state index in [1.165, 1.54) is 4.90 Å². The molecule has 0 N–H and O–H groups in total. The highest BCUT2D eigenvalue weighted by Crippen LogP contribution is 2.47. The third kappa shape index (κ3) is 3.24. The molecular weight excluding hydrogens is 471 g/mol. The first-order chi connectivity index (χ1) is 16.1. The second-order valence-corrected chi connectivity index (χ2v) is 8.99. The van der Waals surface area contributed by atoms with Gasteiger partial charge in [-0.1, -0.05) is 0 Å². The van der Waals surface area contributed by atoms with E-state index in [0.717, 1.165) is 12.2 Å². The zero-order valence-corrected chi connectivity index (χ0v) is 18.5. The molecule has 3 aliphatic heterocycles. The normalized spacial score (nSPS) is 25.9. The number of anilines is 1.